The van der Waals surface area contributed by atoms with Gasteiger partial charge in [0.2, 0.25) is 10.0 Å². The maximum absolute atomic E-state index is 12.5. The first-order chi connectivity index (χ1) is 9.16. The highest BCUT2D eigenvalue weighted by Gasteiger charge is 2.31. The second-order valence-corrected chi connectivity index (χ2v) is 7.28. The van der Waals surface area contributed by atoms with Crippen molar-refractivity contribution in [3.8, 4) is 0 Å². The van der Waals surface area contributed by atoms with Gasteiger partial charge in [-0.05, 0) is 31.0 Å². The Hall–Kier alpha value is -0.600. The fourth-order valence-corrected chi connectivity index (χ4v) is 2.80. The van der Waals surface area contributed by atoms with Gasteiger partial charge >= 0.3 is 6.18 Å². The van der Waals surface area contributed by atoms with Gasteiger partial charge in [0.1, 0.15) is 0 Å². The van der Waals surface area contributed by atoms with E-state index in [9.17, 15) is 21.6 Å². The fraction of sp³-hybridized carbons (Fsp3) is 0.500. The van der Waals surface area contributed by atoms with Crippen molar-refractivity contribution in [3.05, 3.63) is 29.8 Å². The van der Waals surface area contributed by atoms with E-state index in [-0.39, 0.29) is 16.3 Å². The van der Waals surface area contributed by atoms with Gasteiger partial charge in [-0.3, -0.25) is 0 Å². The smallest absolute Gasteiger partial charge is 0.211 e. The molecule has 0 spiro atoms. The molecular weight excluding hydrogens is 359 g/mol. The van der Waals surface area contributed by atoms with E-state index in [1.54, 1.807) is 0 Å². The van der Waals surface area contributed by atoms with Crippen LogP contribution in [0.4, 0.5) is 13.2 Å². The largest absolute Gasteiger partial charge is 0.416 e. The Balaban J connectivity index is 2.83. The van der Waals surface area contributed by atoms with Crippen LogP contribution in [-0.2, 0) is 16.2 Å². The van der Waals surface area contributed by atoms with Gasteiger partial charge in [-0.2, -0.15) is 13.2 Å². The van der Waals surface area contributed by atoms with E-state index in [1.807, 2.05) is 6.92 Å². The van der Waals surface area contributed by atoms with Crippen LogP contribution >= 0.6 is 15.9 Å². The molecule has 8 heteroatoms. The molecule has 1 atom stereocenters. The summed E-state index contributed by atoms with van der Waals surface area (Å²) in [6.45, 7) is 2.11. The zero-order valence-corrected chi connectivity index (χ0v) is 13.1. The predicted molar refractivity (Wildman–Crippen MR) is 74.3 cm³/mol. The quantitative estimate of drug-likeness (QED) is 0.775. The first-order valence-electron chi connectivity index (χ1n) is 5.98. The first kappa shape index (κ1) is 17.5. The van der Waals surface area contributed by atoms with Crippen LogP contribution in [0.2, 0.25) is 0 Å². The molecule has 0 fully saturated rings. The summed E-state index contributed by atoms with van der Waals surface area (Å²) in [6, 6.07) is 3.69. The number of alkyl halides is 4. The molecule has 0 heterocycles. The SMILES string of the molecule is CCC(Br)CCNS(=O)(=O)c1cccc(C(F)(F)F)c1. The van der Waals surface area contributed by atoms with Crippen LogP contribution in [0, 0.1) is 0 Å². The van der Waals surface area contributed by atoms with E-state index in [0.29, 0.717) is 12.5 Å². The monoisotopic (exact) mass is 373 g/mol. The number of nitrogens with one attached hydrogen (secondary N) is 1. The van der Waals surface area contributed by atoms with E-state index >= 15 is 0 Å². The van der Waals surface area contributed by atoms with Gasteiger partial charge in [-0.15, -0.1) is 0 Å². The Morgan fingerprint density at radius 1 is 1.35 bits per heavy atom. The van der Waals surface area contributed by atoms with Crippen LogP contribution in [0.5, 0.6) is 0 Å². The summed E-state index contributed by atoms with van der Waals surface area (Å²) in [7, 11) is -3.92. The fourth-order valence-electron chi connectivity index (χ4n) is 1.48. The average molecular weight is 374 g/mol. The highest BCUT2D eigenvalue weighted by atomic mass is 79.9. The zero-order chi connectivity index (χ0) is 15.4. The lowest BCUT2D eigenvalue weighted by Gasteiger charge is -2.11. The molecule has 20 heavy (non-hydrogen) atoms. The van der Waals surface area contributed by atoms with Crippen LogP contribution in [0.25, 0.3) is 0 Å². The van der Waals surface area contributed by atoms with Gasteiger partial charge < -0.3 is 0 Å². The number of sulfonamides is 1. The number of rotatable bonds is 6. The summed E-state index contributed by atoms with van der Waals surface area (Å²) in [6.07, 6.45) is -3.16. The first-order valence-corrected chi connectivity index (χ1v) is 8.37. The Morgan fingerprint density at radius 3 is 2.55 bits per heavy atom. The third-order valence-electron chi connectivity index (χ3n) is 2.66. The second-order valence-electron chi connectivity index (χ2n) is 4.22. The van der Waals surface area contributed by atoms with Gasteiger partial charge in [0.25, 0.3) is 0 Å². The summed E-state index contributed by atoms with van der Waals surface area (Å²) >= 11 is 3.35. The summed E-state index contributed by atoms with van der Waals surface area (Å²) < 4.78 is 63.7. The molecule has 1 rings (SSSR count). The molecule has 3 nitrogen and oxygen atoms in total. The third-order valence-corrected chi connectivity index (χ3v) is 5.23. The van der Waals surface area contributed by atoms with Crippen LogP contribution < -0.4 is 4.72 Å². The lowest BCUT2D eigenvalue weighted by Crippen LogP contribution is -2.26. The number of halogens is 4. The minimum atomic E-state index is -4.56. The molecule has 0 amide bonds. The molecule has 1 unspecified atom stereocenters. The van der Waals surface area contributed by atoms with Crippen LogP contribution in [0.3, 0.4) is 0 Å². The Labute approximate surface area is 124 Å². The van der Waals surface area contributed by atoms with Gasteiger partial charge in [0, 0.05) is 11.4 Å². The normalized spacial score (nSPS) is 14.2. The van der Waals surface area contributed by atoms with Gasteiger partial charge in [0.15, 0.2) is 0 Å². The zero-order valence-electron chi connectivity index (χ0n) is 10.7. The molecule has 1 N–H and O–H groups in total. The van der Waals surface area contributed by atoms with E-state index < -0.39 is 21.8 Å². The highest BCUT2D eigenvalue weighted by Crippen LogP contribution is 2.30. The van der Waals surface area contributed by atoms with Gasteiger partial charge in [0.05, 0.1) is 10.5 Å². The average Bonchev–Trinajstić information content (AvgIpc) is 2.37. The Morgan fingerprint density at radius 2 is 2.00 bits per heavy atom. The topological polar surface area (TPSA) is 46.2 Å². The standard InChI is InChI=1S/C12H15BrF3NO2S/c1-2-10(13)6-7-17-20(18,19)11-5-3-4-9(8-11)12(14,15)16/h3-5,8,10,17H,2,6-7H2,1H3. The minimum Gasteiger partial charge on any atom is -0.211 e. The van der Waals surface area contributed by atoms with Gasteiger partial charge in [-0.1, -0.05) is 28.9 Å². The lowest BCUT2D eigenvalue weighted by molar-refractivity contribution is -0.137. The van der Waals surface area contributed by atoms with Crippen molar-refractivity contribution in [2.75, 3.05) is 6.54 Å². The molecule has 0 saturated heterocycles. The van der Waals surface area contributed by atoms with E-state index in [0.717, 1.165) is 24.6 Å². The molecular formula is C12H15BrF3NO2S. The number of hydrogen-bond donors (Lipinski definition) is 1. The van der Waals surface area contributed by atoms with Crippen molar-refractivity contribution >= 4 is 26.0 Å². The maximum Gasteiger partial charge on any atom is 0.416 e. The maximum atomic E-state index is 12.5. The molecule has 0 aromatic heterocycles. The molecule has 0 radical (unpaired) electrons. The second kappa shape index (κ2) is 6.91. The molecule has 0 aliphatic carbocycles. The number of benzene rings is 1. The molecule has 1 aromatic rings. The van der Waals surface area contributed by atoms with Crippen molar-refractivity contribution < 1.29 is 21.6 Å². The predicted octanol–water partition coefficient (Wildman–Crippen LogP) is 3.55. The van der Waals surface area contributed by atoms with Crippen molar-refractivity contribution in [2.45, 2.75) is 35.7 Å². The van der Waals surface area contributed by atoms with E-state index in [1.165, 1.54) is 0 Å². The Kier molecular flexibility index (Phi) is 6.03. The summed E-state index contributed by atoms with van der Waals surface area (Å²) in [5.41, 5.74) is -0.979. The molecule has 1 aromatic carbocycles. The molecule has 0 aliphatic heterocycles. The van der Waals surface area contributed by atoms with Crippen LogP contribution in [0.15, 0.2) is 29.2 Å². The molecule has 0 saturated carbocycles. The molecule has 0 bridgehead atoms. The molecule has 114 valence electrons. The van der Waals surface area contributed by atoms with E-state index in [2.05, 4.69) is 20.7 Å². The van der Waals surface area contributed by atoms with Crippen molar-refractivity contribution in [2.24, 2.45) is 0 Å². The van der Waals surface area contributed by atoms with Crippen molar-refractivity contribution in [1.82, 2.24) is 4.72 Å². The third kappa shape index (κ3) is 5.06. The summed E-state index contributed by atoms with van der Waals surface area (Å²) in [4.78, 5) is -0.207. The minimum absolute atomic E-state index is 0.169. The van der Waals surface area contributed by atoms with E-state index in [4.69, 9.17) is 0 Å². The Bertz CT molecular complexity index is 546. The molecule has 0 aliphatic rings. The highest BCUT2D eigenvalue weighted by molar-refractivity contribution is 9.09. The van der Waals surface area contributed by atoms with Crippen LogP contribution in [0.1, 0.15) is 25.3 Å². The van der Waals surface area contributed by atoms with Crippen LogP contribution in [-0.4, -0.2) is 19.8 Å². The van der Waals surface area contributed by atoms with Crippen molar-refractivity contribution in [1.29, 1.82) is 0 Å². The summed E-state index contributed by atoms with van der Waals surface area (Å²) in [5.74, 6) is 0. The summed E-state index contributed by atoms with van der Waals surface area (Å²) in [5, 5.41) is 0. The van der Waals surface area contributed by atoms with Crippen molar-refractivity contribution in [3.63, 3.8) is 0 Å². The number of hydrogen-bond acceptors (Lipinski definition) is 2. The van der Waals surface area contributed by atoms with Gasteiger partial charge in [-0.25, -0.2) is 13.1 Å². The lowest BCUT2D eigenvalue weighted by atomic mass is 10.2.